The Labute approximate surface area is 234 Å². The molecular weight excluding hydrogens is 522 g/mol. The second-order valence-electron chi connectivity index (χ2n) is 9.67. The lowest BCUT2D eigenvalue weighted by Crippen LogP contribution is -2.17. The number of aromatic amines is 1. The van der Waals surface area contributed by atoms with E-state index in [1.165, 1.54) is 0 Å². The second-order valence-corrected chi connectivity index (χ2v) is 9.67. The summed E-state index contributed by atoms with van der Waals surface area (Å²) >= 11 is 0. The number of hydrogen-bond acceptors (Lipinski definition) is 10. The van der Waals surface area contributed by atoms with Gasteiger partial charge in [-0.2, -0.15) is 9.97 Å². The summed E-state index contributed by atoms with van der Waals surface area (Å²) in [6.07, 6.45) is 4.89. The zero-order valence-corrected chi connectivity index (χ0v) is 22.3. The molecule has 4 N–H and O–H groups in total. The van der Waals surface area contributed by atoms with Gasteiger partial charge in [0.05, 0.1) is 23.6 Å². The third-order valence-electron chi connectivity index (χ3n) is 6.56. The van der Waals surface area contributed by atoms with Crippen LogP contribution >= 0.6 is 0 Å². The van der Waals surface area contributed by atoms with Gasteiger partial charge < -0.3 is 20.3 Å². The number of pyridine rings is 1. The van der Waals surface area contributed by atoms with Gasteiger partial charge in [0.1, 0.15) is 11.4 Å². The third-order valence-corrected chi connectivity index (χ3v) is 6.56. The van der Waals surface area contributed by atoms with Crippen molar-refractivity contribution >= 4 is 28.4 Å². The van der Waals surface area contributed by atoms with Gasteiger partial charge in [-0.1, -0.05) is 35.5 Å². The van der Waals surface area contributed by atoms with E-state index in [1.54, 1.807) is 36.8 Å². The molecule has 12 heteroatoms. The zero-order chi connectivity index (χ0) is 28.3. The van der Waals surface area contributed by atoms with Crippen molar-refractivity contribution in [1.82, 2.24) is 34.9 Å². The maximum Gasteiger partial charge on any atom is 0.271 e. The summed E-state index contributed by atoms with van der Waals surface area (Å²) in [5.74, 6) is 1.26. The van der Waals surface area contributed by atoms with E-state index < -0.39 is 6.04 Å². The van der Waals surface area contributed by atoms with Crippen LogP contribution in [0.5, 0.6) is 0 Å². The van der Waals surface area contributed by atoms with E-state index >= 15 is 0 Å². The molecule has 0 radical (unpaired) electrons. The molecule has 0 aliphatic carbocycles. The fourth-order valence-electron chi connectivity index (χ4n) is 4.51. The first-order valence-electron chi connectivity index (χ1n) is 13.1. The third kappa shape index (κ3) is 5.28. The molecule has 4 aromatic heterocycles. The highest BCUT2D eigenvalue weighted by Crippen LogP contribution is 2.31. The Morgan fingerprint density at radius 2 is 1.90 bits per heavy atom. The fraction of sp³-hybridized carbons (Fsp3) is 0.172. The van der Waals surface area contributed by atoms with Crippen LogP contribution in [0.4, 0.5) is 17.5 Å². The Kier molecular flexibility index (Phi) is 6.96. The minimum atomic E-state index is -0.463. The zero-order valence-electron chi connectivity index (χ0n) is 22.3. The molecule has 1 atom stereocenters. The smallest absolute Gasteiger partial charge is 0.271 e. The molecule has 0 amide bonds. The maximum atomic E-state index is 12.4. The molecule has 0 spiro atoms. The monoisotopic (exact) mass is 549 g/mol. The first-order chi connectivity index (χ1) is 20.0. The van der Waals surface area contributed by atoms with E-state index in [1.807, 2.05) is 61.0 Å². The van der Waals surface area contributed by atoms with Crippen LogP contribution in [0.1, 0.15) is 31.5 Å². The number of benzene rings is 2. The largest absolute Gasteiger partial charge is 0.394 e. The van der Waals surface area contributed by atoms with Crippen molar-refractivity contribution in [3.8, 4) is 22.8 Å². The van der Waals surface area contributed by atoms with Crippen molar-refractivity contribution in [2.45, 2.75) is 25.9 Å². The molecule has 12 nitrogen and oxygen atoms in total. The maximum absolute atomic E-state index is 12.4. The number of anilines is 3. The number of hydrogen-bond donors (Lipinski definition) is 4. The van der Waals surface area contributed by atoms with E-state index in [-0.39, 0.29) is 24.1 Å². The Balaban J connectivity index is 1.38. The average Bonchev–Trinajstić information content (AvgIpc) is 3.62. The standard InChI is InChI=1S/C29H27N9O3/c1-17(2)38-24-13-20(10-11-21(24)27(40)36-38)32-29-31-15-22(28-34-25(37-41-28)19-9-6-12-30-14-19)26(35-29)33-23(16-39)18-7-4-3-5-8-18/h3-15,17,23,39H,16H2,1-2H3,(H,36,40)(H2,31,32,33,35)/t23-/m1/s1. The molecule has 0 unspecified atom stereocenters. The normalized spacial score (nSPS) is 12.1. The lowest BCUT2D eigenvalue weighted by Gasteiger charge is -2.19. The predicted molar refractivity (Wildman–Crippen MR) is 155 cm³/mol. The van der Waals surface area contributed by atoms with Gasteiger partial charge in [-0.05, 0) is 49.7 Å². The topological polar surface area (TPSA) is 160 Å². The highest BCUT2D eigenvalue weighted by molar-refractivity contribution is 5.83. The number of aliphatic hydroxyl groups is 1. The van der Waals surface area contributed by atoms with E-state index in [0.29, 0.717) is 39.8 Å². The van der Waals surface area contributed by atoms with Crippen molar-refractivity contribution in [3.05, 3.63) is 95.2 Å². The highest BCUT2D eigenvalue weighted by Gasteiger charge is 2.21. The minimum absolute atomic E-state index is 0.0705. The number of nitrogens with one attached hydrogen (secondary N) is 3. The molecule has 0 saturated heterocycles. The second kappa shape index (κ2) is 11.0. The Morgan fingerprint density at radius 1 is 1.05 bits per heavy atom. The van der Waals surface area contributed by atoms with Crippen LogP contribution in [0, 0.1) is 0 Å². The molecule has 0 aliphatic rings. The van der Waals surface area contributed by atoms with Crippen molar-refractivity contribution in [3.63, 3.8) is 0 Å². The lowest BCUT2D eigenvalue weighted by atomic mass is 10.1. The van der Waals surface area contributed by atoms with Crippen molar-refractivity contribution in [1.29, 1.82) is 0 Å². The molecular formula is C29H27N9O3. The van der Waals surface area contributed by atoms with E-state index in [9.17, 15) is 9.90 Å². The quantitative estimate of drug-likeness (QED) is 0.199. The summed E-state index contributed by atoms with van der Waals surface area (Å²) in [5, 5.41) is 24.3. The minimum Gasteiger partial charge on any atom is -0.394 e. The molecule has 0 fully saturated rings. The number of nitrogens with zero attached hydrogens (tertiary/aromatic N) is 6. The van der Waals surface area contributed by atoms with Gasteiger partial charge in [-0.15, -0.1) is 0 Å². The first kappa shape index (κ1) is 25.9. The summed E-state index contributed by atoms with van der Waals surface area (Å²) in [4.78, 5) is 30.2. The molecule has 6 aromatic rings. The first-order valence-corrected chi connectivity index (χ1v) is 13.1. The molecule has 0 aliphatic heterocycles. The molecule has 0 saturated carbocycles. The predicted octanol–water partition coefficient (Wildman–Crippen LogP) is 4.70. The van der Waals surface area contributed by atoms with Gasteiger partial charge in [0.15, 0.2) is 0 Å². The number of H-pyrrole nitrogens is 1. The van der Waals surface area contributed by atoms with Crippen LogP contribution in [0.3, 0.4) is 0 Å². The number of rotatable bonds is 9. The van der Waals surface area contributed by atoms with Crippen LogP contribution in [-0.2, 0) is 0 Å². The van der Waals surface area contributed by atoms with E-state index in [0.717, 1.165) is 11.1 Å². The fourth-order valence-corrected chi connectivity index (χ4v) is 4.51. The summed E-state index contributed by atoms with van der Waals surface area (Å²) in [7, 11) is 0. The molecule has 4 heterocycles. The molecule has 2 aromatic carbocycles. The van der Waals surface area contributed by atoms with Gasteiger partial charge in [-0.3, -0.25) is 19.6 Å². The van der Waals surface area contributed by atoms with Crippen LogP contribution in [0.2, 0.25) is 0 Å². The van der Waals surface area contributed by atoms with Crippen molar-refractivity contribution in [2.24, 2.45) is 0 Å². The summed E-state index contributed by atoms with van der Waals surface area (Å²) in [6, 6.07) is 18.2. The number of fused-ring (bicyclic) bond motifs is 1. The number of aromatic nitrogens is 7. The SMILES string of the molecule is CC(C)n1[nH]c(=O)c2ccc(Nc3ncc(-c4nc(-c5cccnc5)no4)c(N[C@H](CO)c4ccccc4)n3)cc21. The summed E-state index contributed by atoms with van der Waals surface area (Å²) < 4.78 is 7.40. The molecule has 41 heavy (non-hydrogen) atoms. The lowest BCUT2D eigenvalue weighted by molar-refractivity contribution is 0.276. The van der Waals surface area contributed by atoms with Gasteiger partial charge in [-0.25, -0.2) is 4.98 Å². The van der Waals surface area contributed by atoms with Crippen molar-refractivity contribution < 1.29 is 9.63 Å². The Bertz CT molecular complexity index is 1850. The molecule has 6 rings (SSSR count). The van der Waals surface area contributed by atoms with Gasteiger partial charge in [0.25, 0.3) is 11.4 Å². The summed E-state index contributed by atoms with van der Waals surface area (Å²) in [6.45, 7) is 3.81. The van der Waals surface area contributed by atoms with Crippen molar-refractivity contribution in [2.75, 3.05) is 17.2 Å². The average molecular weight is 550 g/mol. The van der Waals surface area contributed by atoms with Crippen LogP contribution in [0.15, 0.2) is 88.6 Å². The van der Waals surface area contributed by atoms with E-state index in [2.05, 4.69) is 35.8 Å². The molecule has 0 bridgehead atoms. The van der Waals surface area contributed by atoms with Gasteiger partial charge >= 0.3 is 0 Å². The van der Waals surface area contributed by atoms with E-state index in [4.69, 9.17) is 9.51 Å². The number of aliphatic hydroxyl groups excluding tert-OH is 1. The van der Waals surface area contributed by atoms with Gasteiger partial charge in [0, 0.05) is 35.9 Å². The molecule has 206 valence electrons. The summed E-state index contributed by atoms with van der Waals surface area (Å²) in [5.41, 5.74) is 3.36. The van der Waals surface area contributed by atoms with Crippen LogP contribution in [-0.4, -0.2) is 46.6 Å². The Hall–Kier alpha value is -5.36. The van der Waals surface area contributed by atoms with Crippen LogP contribution in [0.25, 0.3) is 33.7 Å². The van der Waals surface area contributed by atoms with Crippen LogP contribution < -0.4 is 16.2 Å². The highest BCUT2D eigenvalue weighted by atomic mass is 16.5. The Morgan fingerprint density at radius 3 is 2.66 bits per heavy atom. The van der Waals surface area contributed by atoms with Gasteiger partial charge in [0.2, 0.25) is 11.8 Å².